The second-order valence-corrected chi connectivity index (χ2v) is 8.00. The van der Waals surface area contributed by atoms with Gasteiger partial charge in [-0.05, 0) is 35.5 Å². The van der Waals surface area contributed by atoms with E-state index >= 15 is 0 Å². The molecule has 0 saturated heterocycles. The molecule has 0 saturated carbocycles. The molecule has 6 nitrogen and oxygen atoms in total. The number of rotatable bonds is 5. The number of aromatic nitrogens is 3. The molecule has 5 rings (SSSR count). The van der Waals surface area contributed by atoms with E-state index in [1.165, 1.54) is 0 Å². The van der Waals surface area contributed by atoms with E-state index < -0.39 is 0 Å². The lowest BCUT2D eigenvalue weighted by atomic mass is 10.1. The highest BCUT2D eigenvalue weighted by molar-refractivity contribution is 7.71. The van der Waals surface area contributed by atoms with Crippen LogP contribution in [0.1, 0.15) is 22.4 Å². The summed E-state index contributed by atoms with van der Waals surface area (Å²) in [5.74, 6) is 0.868. The first kappa shape index (κ1) is 18.8. The fraction of sp³-hybridized carbons (Fsp3) is 0.217. The van der Waals surface area contributed by atoms with Crippen LogP contribution in [0, 0.1) is 4.77 Å². The van der Waals surface area contributed by atoms with Crippen molar-refractivity contribution in [3.8, 4) is 5.75 Å². The number of H-pyrrole nitrogens is 3. The van der Waals surface area contributed by atoms with Crippen LogP contribution in [0.15, 0.2) is 59.5 Å². The Kier molecular flexibility index (Phi) is 4.98. The van der Waals surface area contributed by atoms with E-state index in [4.69, 9.17) is 17.0 Å². The average molecular weight is 419 g/mol. The molecule has 0 atom stereocenters. The summed E-state index contributed by atoms with van der Waals surface area (Å²) in [5.41, 5.74) is 4.98. The van der Waals surface area contributed by atoms with E-state index in [1.807, 2.05) is 36.5 Å². The van der Waals surface area contributed by atoms with Crippen molar-refractivity contribution in [1.29, 1.82) is 0 Å². The highest BCUT2D eigenvalue weighted by Gasteiger charge is 2.21. The monoisotopic (exact) mass is 418 g/mol. The van der Waals surface area contributed by atoms with E-state index in [9.17, 15) is 4.79 Å². The summed E-state index contributed by atoms with van der Waals surface area (Å²) in [5, 5.41) is 1.10. The molecule has 0 bridgehead atoms. The van der Waals surface area contributed by atoms with Gasteiger partial charge in [0.1, 0.15) is 12.4 Å². The molecule has 1 aliphatic rings. The Bertz CT molecular complexity index is 1310. The fourth-order valence-electron chi connectivity index (χ4n) is 4.09. The molecule has 152 valence electrons. The van der Waals surface area contributed by atoms with Gasteiger partial charge in [-0.25, -0.2) is 0 Å². The van der Waals surface area contributed by atoms with Gasteiger partial charge >= 0.3 is 0 Å². The SMILES string of the molecule is O=c1[nH]c(=S)[nH]c2c1CN(Cc1c[nH]c3cccc(OCc4ccccc4)c13)CC2. The van der Waals surface area contributed by atoms with Crippen molar-refractivity contribution in [3.05, 3.63) is 92.2 Å². The minimum Gasteiger partial charge on any atom is -0.488 e. The maximum Gasteiger partial charge on any atom is 0.256 e. The van der Waals surface area contributed by atoms with Crippen molar-refractivity contribution in [2.24, 2.45) is 0 Å². The number of fused-ring (bicyclic) bond motifs is 2. The van der Waals surface area contributed by atoms with Crippen LogP contribution >= 0.6 is 12.2 Å². The highest BCUT2D eigenvalue weighted by atomic mass is 32.1. The molecule has 0 unspecified atom stereocenters. The minimum atomic E-state index is -0.0933. The number of benzene rings is 2. The molecule has 7 heteroatoms. The summed E-state index contributed by atoms with van der Waals surface area (Å²) >= 11 is 5.09. The Morgan fingerprint density at radius 1 is 1.07 bits per heavy atom. The number of nitrogens with zero attached hydrogens (tertiary/aromatic N) is 1. The van der Waals surface area contributed by atoms with Gasteiger partial charge in [0.25, 0.3) is 5.56 Å². The maximum atomic E-state index is 12.3. The number of ether oxygens (including phenoxy) is 1. The van der Waals surface area contributed by atoms with E-state index in [0.29, 0.717) is 17.9 Å². The van der Waals surface area contributed by atoms with Gasteiger partial charge in [-0.1, -0.05) is 36.4 Å². The molecule has 0 radical (unpaired) electrons. The number of hydrogen-bond donors (Lipinski definition) is 3. The molecule has 2 aromatic carbocycles. The van der Waals surface area contributed by atoms with Gasteiger partial charge in [0.15, 0.2) is 4.77 Å². The lowest BCUT2D eigenvalue weighted by Crippen LogP contribution is -2.35. The Balaban J connectivity index is 1.40. The van der Waals surface area contributed by atoms with Crippen molar-refractivity contribution in [2.45, 2.75) is 26.1 Å². The van der Waals surface area contributed by atoms with Crippen molar-refractivity contribution in [3.63, 3.8) is 0 Å². The zero-order chi connectivity index (χ0) is 20.5. The quantitative estimate of drug-likeness (QED) is 0.427. The number of aromatic amines is 3. The van der Waals surface area contributed by atoms with Crippen LogP contribution < -0.4 is 10.3 Å². The standard InChI is InChI=1S/C23H22N4O2S/c28-22-17-13-27(10-9-18(17)25-23(30)26-22)12-16-11-24-19-7-4-8-20(21(16)19)29-14-15-5-2-1-3-6-15/h1-8,11,24H,9-10,12-14H2,(H2,25,26,28,30). The van der Waals surface area contributed by atoms with Gasteiger partial charge in [0.05, 0.1) is 5.56 Å². The molecule has 0 amide bonds. The summed E-state index contributed by atoms with van der Waals surface area (Å²) < 4.78 is 6.56. The van der Waals surface area contributed by atoms with Crippen molar-refractivity contribution in [1.82, 2.24) is 19.9 Å². The Labute approximate surface area is 178 Å². The largest absolute Gasteiger partial charge is 0.488 e. The van der Waals surface area contributed by atoms with Crippen molar-refractivity contribution in [2.75, 3.05) is 6.54 Å². The summed E-state index contributed by atoms with van der Waals surface area (Å²) in [6.07, 6.45) is 2.82. The molecule has 30 heavy (non-hydrogen) atoms. The van der Waals surface area contributed by atoms with Crippen LogP contribution in [0.4, 0.5) is 0 Å². The van der Waals surface area contributed by atoms with Gasteiger partial charge in [0.2, 0.25) is 0 Å². The summed E-state index contributed by atoms with van der Waals surface area (Å²) in [7, 11) is 0. The summed E-state index contributed by atoms with van der Waals surface area (Å²) in [6, 6.07) is 16.2. The molecule has 3 N–H and O–H groups in total. The maximum absolute atomic E-state index is 12.3. The average Bonchev–Trinajstić information content (AvgIpc) is 3.17. The molecule has 1 aliphatic heterocycles. The van der Waals surface area contributed by atoms with E-state index in [2.05, 4.69) is 38.1 Å². The molecule has 4 aromatic rings. The number of nitrogens with one attached hydrogen (secondary N) is 3. The molecular weight excluding hydrogens is 396 g/mol. The van der Waals surface area contributed by atoms with Gasteiger partial charge in [-0.15, -0.1) is 0 Å². The van der Waals surface area contributed by atoms with Gasteiger partial charge in [0, 0.05) is 48.8 Å². The van der Waals surface area contributed by atoms with Crippen molar-refractivity contribution < 1.29 is 4.74 Å². The number of hydrogen-bond acceptors (Lipinski definition) is 4. The topological polar surface area (TPSA) is 76.9 Å². The zero-order valence-electron chi connectivity index (χ0n) is 16.4. The Morgan fingerprint density at radius 2 is 1.93 bits per heavy atom. The normalized spacial score (nSPS) is 14.0. The van der Waals surface area contributed by atoms with Crippen molar-refractivity contribution >= 4 is 23.1 Å². The van der Waals surface area contributed by atoms with Gasteiger partial charge in [-0.2, -0.15) is 0 Å². The molecule has 0 fully saturated rings. The zero-order valence-corrected chi connectivity index (χ0v) is 17.2. The summed E-state index contributed by atoms with van der Waals surface area (Å²) in [4.78, 5) is 23.8. The third-order valence-electron chi connectivity index (χ3n) is 5.57. The molecular formula is C23H22N4O2S. The third kappa shape index (κ3) is 3.69. The van der Waals surface area contributed by atoms with Crippen LogP contribution in [0.2, 0.25) is 0 Å². The third-order valence-corrected chi connectivity index (χ3v) is 5.77. The minimum absolute atomic E-state index is 0.0933. The summed E-state index contributed by atoms with van der Waals surface area (Å²) in [6.45, 7) is 2.72. The van der Waals surface area contributed by atoms with Gasteiger partial charge < -0.3 is 14.7 Å². The highest BCUT2D eigenvalue weighted by Crippen LogP contribution is 2.31. The second-order valence-electron chi connectivity index (χ2n) is 7.59. The molecule has 3 heterocycles. The second kappa shape index (κ2) is 7.93. The predicted octanol–water partition coefficient (Wildman–Crippen LogP) is 4.05. The smallest absolute Gasteiger partial charge is 0.256 e. The Hall–Kier alpha value is -3.16. The first-order valence-electron chi connectivity index (χ1n) is 10.00. The molecule has 0 aliphatic carbocycles. The van der Waals surface area contributed by atoms with Crippen LogP contribution in [0.5, 0.6) is 5.75 Å². The first-order valence-corrected chi connectivity index (χ1v) is 10.4. The van der Waals surface area contributed by atoms with Crippen LogP contribution in [-0.4, -0.2) is 26.4 Å². The van der Waals surface area contributed by atoms with E-state index in [-0.39, 0.29) is 5.56 Å². The van der Waals surface area contributed by atoms with E-state index in [1.54, 1.807) is 0 Å². The van der Waals surface area contributed by atoms with Crippen LogP contribution in [-0.2, 0) is 26.1 Å². The Morgan fingerprint density at radius 3 is 2.80 bits per heavy atom. The fourth-order valence-corrected chi connectivity index (χ4v) is 4.30. The predicted molar refractivity (Wildman–Crippen MR) is 119 cm³/mol. The lowest BCUT2D eigenvalue weighted by molar-refractivity contribution is 0.242. The van der Waals surface area contributed by atoms with Gasteiger partial charge in [-0.3, -0.25) is 14.7 Å². The molecule has 2 aromatic heterocycles. The van der Waals surface area contributed by atoms with Crippen LogP contribution in [0.3, 0.4) is 0 Å². The lowest BCUT2D eigenvalue weighted by Gasteiger charge is -2.27. The van der Waals surface area contributed by atoms with E-state index in [0.717, 1.165) is 58.5 Å². The van der Waals surface area contributed by atoms with Crippen LogP contribution in [0.25, 0.3) is 10.9 Å². The first-order chi connectivity index (χ1) is 14.7. The molecule has 0 spiro atoms.